The lowest BCUT2D eigenvalue weighted by atomic mass is 10.1. The number of nitrogens with zero attached hydrogens (tertiary/aromatic N) is 2. The molecule has 5 heteroatoms. The van der Waals surface area contributed by atoms with Gasteiger partial charge >= 0.3 is 6.03 Å². The number of anilines is 2. The lowest BCUT2D eigenvalue weighted by Gasteiger charge is -2.29. The molecular weight excluding hydrogens is 216 g/mol. The highest BCUT2D eigenvalue weighted by Crippen LogP contribution is 2.25. The Morgan fingerprint density at radius 1 is 1.35 bits per heavy atom. The molecule has 0 spiro atoms. The fourth-order valence-electron chi connectivity index (χ4n) is 2.04. The van der Waals surface area contributed by atoms with E-state index >= 15 is 0 Å². The third-order valence-electron chi connectivity index (χ3n) is 2.92. The average molecular weight is 234 g/mol. The van der Waals surface area contributed by atoms with Gasteiger partial charge in [-0.2, -0.15) is 0 Å². The van der Waals surface area contributed by atoms with Gasteiger partial charge in [0.15, 0.2) is 5.82 Å². The van der Waals surface area contributed by atoms with Crippen LogP contribution in [-0.2, 0) is 0 Å². The second kappa shape index (κ2) is 5.52. The van der Waals surface area contributed by atoms with Gasteiger partial charge in [-0.15, -0.1) is 0 Å². The van der Waals surface area contributed by atoms with Crippen LogP contribution in [0.3, 0.4) is 0 Å². The number of hydrogen-bond acceptors (Lipinski definition) is 3. The van der Waals surface area contributed by atoms with Crippen LogP contribution in [0.4, 0.5) is 16.3 Å². The van der Waals surface area contributed by atoms with E-state index in [1.807, 2.05) is 12.1 Å². The SMILES string of the molecule is CNC(=O)Nc1cccnc1N1CCCCC1. The molecule has 0 atom stereocenters. The summed E-state index contributed by atoms with van der Waals surface area (Å²) in [5.41, 5.74) is 0.772. The quantitative estimate of drug-likeness (QED) is 0.820. The summed E-state index contributed by atoms with van der Waals surface area (Å²) in [5, 5.41) is 5.35. The van der Waals surface area contributed by atoms with E-state index in [2.05, 4.69) is 20.5 Å². The van der Waals surface area contributed by atoms with Crippen LogP contribution in [-0.4, -0.2) is 31.2 Å². The van der Waals surface area contributed by atoms with Crippen molar-refractivity contribution in [1.82, 2.24) is 10.3 Å². The standard InChI is InChI=1S/C12H18N4O/c1-13-12(17)15-10-6-5-7-14-11(10)16-8-3-2-4-9-16/h5-7H,2-4,8-9H2,1H3,(H2,13,15,17). The molecule has 2 rings (SSSR count). The van der Waals surface area contributed by atoms with Gasteiger partial charge in [-0.25, -0.2) is 9.78 Å². The van der Waals surface area contributed by atoms with Crippen molar-refractivity contribution in [1.29, 1.82) is 0 Å². The van der Waals surface area contributed by atoms with Crippen molar-refractivity contribution in [2.45, 2.75) is 19.3 Å². The Hall–Kier alpha value is -1.78. The summed E-state index contributed by atoms with van der Waals surface area (Å²) in [6, 6.07) is 3.50. The minimum Gasteiger partial charge on any atom is -0.355 e. The predicted octanol–water partition coefficient (Wildman–Crippen LogP) is 1.82. The van der Waals surface area contributed by atoms with Gasteiger partial charge in [0, 0.05) is 26.3 Å². The first-order valence-corrected chi connectivity index (χ1v) is 6.00. The molecule has 0 aromatic carbocycles. The molecule has 0 bridgehead atoms. The van der Waals surface area contributed by atoms with Gasteiger partial charge in [-0.1, -0.05) is 0 Å². The second-order valence-electron chi connectivity index (χ2n) is 4.13. The molecule has 1 aromatic rings. The topological polar surface area (TPSA) is 57.3 Å². The first-order valence-electron chi connectivity index (χ1n) is 6.00. The van der Waals surface area contributed by atoms with Crippen molar-refractivity contribution in [2.75, 3.05) is 30.4 Å². The number of carbonyl (C=O) groups is 1. The fraction of sp³-hybridized carbons (Fsp3) is 0.500. The molecule has 2 heterocycles. The highest BCUT2D eigenvalue weighted by atomic mass is 16.2. The highest BCUT2D eigenvalue weighted by Gasteiger charge is 2.16. The maximum Gasteiger partial charge on any atom is 0.319 e. The number of hydrogen-bond donors (Lipinski definition) is 2. The Morgan fingerprint density at radius 2 is 2.12 bits per heavy atom. The number of piperidine rings is 1. The van der Waals surface area contributed by atoms with Crippen molar-refractivity contribution in [3.8, 4) is 0 Å². The fourth-order valence-corrected chi connectivity index (χ4v) is 2.04. The maximum atomic E-state index is 11.3. The van der Waals surface area contributed by atoms with Crippen LogP contribution in [0.1, 0.15) is 19.3 Å². The molecule has 1 aliphatic heterocycles. The Kier molecular flexibility index (Phi) is 3.80. The zero-order valence-corrected chi connectivity index (χ0v) is 10.1. The molecule has 92 valence electrons. The third kappa shape index (κ3) is 2.87. The minimum atomic E-state index is -0.212. The Bertz CT molecular complexity index is 388. The summed E-state index contributed by atoms with van der Waals surface area (Å²) < 4.78 is 0. The van der Waals surface area contributed by atoms with Crippen molar-refractivity contribution >= 4 is 17.5 Å². The van der Waals surface area contributed by atoms with Crippen molar-refractivity contribution in [3.63, 3.8) is 0 Å². The number of urea groups is 1. The molecule has 0 unspecified atom stereocenters. The number of aromatic nitrogens is 1. The second-order valence-corrected chi connectivity index (χ2v) is 4.13. The molecular formula is C12H18N4O. The molecule has 5 nitrogen and oxygen atoms in total. The van der Waals surface area contributed by atoms with Gasteiger partial charge in [-0.05, 0) is 31.4 Å². The first kappa shape index (κ1) is 11.7. The summed E-state index contributed by atoms with van der Waals surface area (Å²) in [7, 11) is 1.60. The van der Waals surface area contributed by atoms with Gasteiger partial charge < -0.3 is 15.5 Å². The van der Waals surface area contributed by atoms with Crippen LogP contribution in [0.25, 0.3) is 0 Å². The zero-order chi connectivity index (χ0) is 12.1. The lowest BCUT2D eigenvalue weighted by molar-refractivity contribution is 0.254. The van der Waals surface area contributed by atoms with Gasteiger partial charge in [0.05, 0.1) is 5.69 Å². The molecule has 0 saturated carbocycles. The smallest absolute Gasteiger partial charge is 0.319 e. The van der Waals surface area contributed by atoms with Crippen molar-refractivity contribution < 1.29 is 4.79 Å². The van der Waals surface area contributed by atoms with Crippen LogP contribution in [0.15, 0.2) is 18.3 Å². The van der Waals surface area contributed by atoms with Gasteiger partial charge in [0.2, 0.25) is 0 Å². The molecule has 1 aromatic heterocycles. The number of rotatable bonds is 2. The van der Waals surface area contributed by atoms with E-state index in [0.29, 0.717) is 0 Å². The Labute approximate surface area is 101 Å². The van der Waals surface area contributed by atoms with Gasteiger partial charge in [-0.3, -0.25) is 0 Å². The summed E-state index contributed by atoms with van der Waals surface area (Å²) in [4.78, 5) is 18.0. The van der Waals surface area contributed by atoms with Gasteiger partial charge in [0.1, 0.15) is 0 Å². The van der Waals surface area contributed by atoms with Gasteiger partial charge in [0.25, 0.3) is 0 Å². The van der Waals surface area contributed by atoms with Crippen LogP contribution >= 0.6 is 0 Å². The minimum absolute atomic E-state index is 0.212. The largest absolute Gasteiger partial charge is 0.355 e. The summed E-state index contributed by atoms with van der Waals surface area (Å²) >= 11 is 0. The zero-order valence-electron chi connectivity index (χ0n) is 10.1. The monoisotopic (exact) mass is 234 g/mol. The van der Waals surface area contributed by atoms with Crippen molar-refractivity contribution in [3.05, 3.63) is 18.3 Å². The van der Waals surface area contributed by atoms with E-state index in [0.717, 1.165) is 24.6 Å². The molecule has 1 saturated heterocycles. The molecule has 1 aliphatic rings. The predicted molar refractivity (Wildman–Crippen MR) is 68.4 cm³/mol. The molecule has 0 radical (unpaired) electrons. The first-order chi connectivity index (χ1) is 8.31. The van der Waals surface area contributed by atoms with E-state index < -0.39 is 0 Å². The molecule has 2 amide bonds. The third-order valence-corrected chi connectivity index (χ3v) is 2.92. The number of pyridine rings is 1. The number of carbonyl (C=O) groups excluding carboxylic acids is 1. The molecule has 0 aliphatic carbocycles. The van der Waals surface area contributed by atoms with E-state index in [-0.39, 0.29) is 6.03 Å². The molecule has 2 N–H and O–H groups in total. The maximum absolute atomic E-state index is 11.3. The molecule has 17 heavy (non-hydrogen) atoms. The van der Waals surface area contributed by atoms with Crippen LogP contribution in [0, 0.1) is 0 Å². The summed E-state index contributed by atoms with van der Waals surface area (Å²) in [6.45, 7) is 2.03. The van der Waals surface area contributed by atoms with E-state index in [9.17, 15) is 4.79 Å². The Balaban J connectivity index is 2.17. The van der Waals surface area contributed by atoms with E-state index in [1.54, 1.807) is 13.2 Å². The average Bonchev–Trinajstić information content (AvgIpc) is 2.40. The number of amides is 2. The van der Waals surface area contributed by atoms with Crippen LogP contribution < -0.4 is 15.5 Å². The number of nitrogens with one attached hydrogen (secondary N) is 2. The van der Waals surface area contributed by atoms with Crippen LogP contribution in [0.2, 0.25) is 0 Å². The van der Waals surface area contributed by atoms with E-state index in [4.69, 9.17) is 0 Å². The molecule has 1 fully saturated rings. The lowest BCUT2D eigenvalue weighted by Crippen LogP contribution is -2.32. The normalized spacial score (nSPS) is 15.5. The van der Waals surface area contributed by atoms with Crippen molar-refractivity contribution in [2.24, 2.45) is 0 Å². The summed E-state index contributed by atoms with van der Waals surface area (Å²) in [6.07, 6.45) is 5.42. The summed E-state index contributed by atoms with van der Waals surface area (Å²) in [5.74, 6) is 0.871. The van der Waals surface area contributed by atoms with E-state index in [1.165, 1.54) is 19.3 Å². The Morgan fingerprint density at radius 3 is 2.82 bits per heavy atom. The van der Waals surface area contributed by atoms with Crippen LogP contribution in [0.5, 0.6) is 0 Å². The highest BCUT2D eigenvalue weighted by molar-refractivity contribution is 5.92.